The molecule has 1 aromatic heterocycles. The van der Waals surface area contributed by atoms with Crippen LogP contribution in [0.25, 0.3) is 16.9 Å². The van der Waals surface area contributed by atoms with Crippen molar-refractivity contribution in [3.8, 4) is 22.7 Å². The summed E-state index contributed by atoms with van der Waals surface area (Å²) in [4.78, 5) is 23.8. The maximum atomic E-state index is 12.8. The normalized spacial score (nSPS) is 10.5. The van der Waals surface area contributed by atoms with Crippen LogP contribution >= 0.6 is 0 Å². The van der Waals surface area contributed by atoms with E-state index in [1.165, 1.54) is 0 Å². The van der Waals surface area contributed by atoms with Gasteiger partial charge in [-0.1, -0.05) is 60.7 Å². The number of rotatable bonds is 8. The number of primary amides is 1. The summed E-state index contributed by atoms with van der Waals surface area (Å²) >= 11 is 0. The van der Waals surface area contributed by atoms with Crippen molar-refractivity contribution in [2.75, 3.05) is 6.61 Å². The monoisotopic (exact) mass is 427 g/mol. The smallest absolute Gasteiger partial charge is 0.342 e. The van der Waals surface area contributed by atoms with Crippen LogP contribution in [-0.2, 0) is 16.1 Å². The number of nitrogens with zero attached hydrogens (tertiary/aromatic N) is 2. The maximum Gasteiger partial charge on any atom is 0.342 e. The molecule has 0 saturated carbocycles. The zero-order valence-electron chi connectivity index (χ0n) is 17.2. The van der Waals surface area contributed by atoms with Gasteiger partial charge in [0.25, 0.3) is 5.91 Å². The molecule has 0 unspecified atom stereocenters. The molecule has 0 aliphatic rings. The van der Waals surface area contributed by atoms with Crippen LogP contribution in [0.15, 0.2) is 91.1 Å². The molecule has 2 N–H and O–H groups in total. The van der Waals surface area contributed by atoms with Gasteiger partial charge in [-0.3, -0.25) is 4.79 Å². The van der Waals surface area contributed by atoms with Crippen molar-refractivity contribution in [2.45, 2.75) is 6.61 Å². The lowest BCUT2D eigenvalue weighted by Gasteiger charge is -2.10. The van der Waals surface area contributed by atoms with Gasteiger partial charge in [-0.15, -0.1) is 0 Å². The van der Waals surface area contributed by atoms with Crippen LogP contribution < -0.4 is 10.5 Å². The number of para-hydroxylation sites is 2. The van der Waals surface area contributed by atoms with Gasteiger partial charge in [-0.05, 0) is 24.3 Å². The van der Waals surface area contributed by atoms with Crippen molar-refractivity contribution < 1.29 is 19.1 Å². The van der Waals surface area contributed by atoms with Gasteiger partial charge in [-0.25, -0.2) is 9.48 Å². The van der Waals surface area contributed by atoms with E-state index in [-0.39, 0.29) is 24.5 Å². The molecular formula is C25H21N3O4. The Hall–Kier alpha value is -4.39. The van der Waals surface area contributed by atoms with Crippen LogP contribution in [0.4, 0.5) is 0 Å². The molecule has 7 heteroatoms. The van der Waals surface area contributed by atoms with E-state index in [4.69, 9.17) is 20.3 Å². The average molecular weight is 427 g/mol. The largest absolute Gasteiger partial charge is 0.483 e. The molecule has 4 rings (SSSR count). The van der Waals surface area contributed by atoms with Gasteiger partial charge in [0, 0.05) is 17.3 Å². The number of nitrogens with two attached hydrogens (primary N) is 1. The number of amides is 1. The van der Waals surface area contributed by atoms with Crippen molar-refractivity contribution in [2.24, 2.45) is 5.73 Å². The highest BCUT2D eigenvalue weighted by Gasteiger charge is 2.18. The van der Waals surface area contributed by atoms with Crippen molar-refractivity contribution in [3.63, 3.8) is 0 Å². The van der Waals surface area contributed by atoms with Gasteiger partial charge < -0.3 is 15.2 Å². The van der Waals surface area contributed by atoms with E-state index in [1.54, 1.807) is 28.9 Å². The molecule has 0 aliphatic heterocycles. The van der Waals surface area contributed by atoms with Crippen molar-refractivity contribution in [3.05, 3.63) is 102 Å². The van der Waals surface area contributed by atoms with Crippen molar-refractivity contribution in [1.29, 1.82) is 0 Å². The second-order valence-corrected chi connectivity index (χ2v) is 6.98. The highest BCUT2D eigenvalue weighted by Crippen LogP contribution is 2.25. The standard InChI is InChI=1S/C25H21N3O4/c26-23(29)17-31-22-14-8-7-13-21(22)25(30)32-16-19-15-28(20-11-5-2-6-12-20)27-24(19)18-9-3-1-4-10-18/h1-15H,16-17H2,(H2,26,29). The highest BCUT2D eigenvalue weighted by molar-refractivity contribution is 5.92. The molecular weight excluding hydrogens is 406 g/mol. The molecule has 3 aromatic carbocycles. The van der Waals surface area contributed by atoms with Crippen LogP contribution in [0.3, 0.4) is 0 Å². The lowest BCUT2D eigenvalue weighted by atomic mass is 10.1. The topological polar surface area (TPSA) is 96.4 Å². The minimum Gasteiger partial charge on any atom is -0.483 e. The summed E-state index contributed by atoms with van der Waals surface area (Å²) in [7, 11) is 0. The van der Waals surface area contributed by atoms with E-state index in [0.717, 1.165) is 22.5 Å². The number of carbonyl (C=O) groups excluding carboxylic acids is 2. The summed E-state index contributed by atoms with van der Waals surface area (Å²) in [6.45, 7) is -0.313. The number of benzene rings is 3. The van der Waals surface area contributed by atoms with Gasteiger partial charge >= 0.3 is 5.97 Å². The highest BCUT2D eigenvalue weighted by atomic mass is 16.5. The summed E-state index contributed by atoms with van der Waals surface area (Å²) in [5, 5.41) is 4.72. The van der Waals surface area contributed by atoms with Gasteiger partial charge in [0.05, 0.1) is 11.4 Å². The summed E-state index contributed by atoms with van der Waals surface area (Å²) in [5.74, 6) is -0.967. The molecule has 0 aliphatic carbocycles. The fraction of sp³-hybridized carbons (Fsp3) is 0.0800. The number of hydrogen-bond donors (Lipinski definition) is 1. The number of aromatic nitrogens is 2. The first kappa shape index (κ1) is 20.9. The van der Waals surface area contributed by atoms with Gasteiger partial charge in [0.2, 0.25) is 0 Å². The average Bonchev–Trinajstić information content (AvgIpc) is 3.27. The van der Waals surface area contributed by atoms with E-state index in [1.807, 2.05) is 66.9 Å². The zero-order chi connectivity index (χ0) is 22.3. The fourth-order valence-electron chi connectivity index (χ4n) is 3.20. The van der Waals surface area contributed by atoms with Gasteiger partial charge in [0.1, 0.15) is 17.9 Å². The Balaban J connectivity index is 1.59. The minimum atomic E-state index is -0.631. The molecule has 32 heavy (non-hydrogen) atoms. The van der Waals surface area contributed by atoms with Crippen LogP contribution in [0.2, 0.25) is 0 Å². The predicted molar refractivity (Wildman–Crippen MR) is 119 cm³/mol. The van der Waals surface area contributed by atoms with Crippen LogP contribution in [-0.4, -0.2) is 28.3 Å². The zero-order valence-corrected chi connectivity index (χ0v) is 17.2. The van der Waals surface area contributed by atoms with E-state index in [0.29, 0.717) is 0 Å². The van der Waals surface area contributed by atoms with Crippen molar-refractivity contribution in [1.82, 2.24) is 9.78 Å². The Kier molecular flexibility index (Phi) is 6.27. The molecule has 1 heterocycles. The van der Waals surface area contributed by atoms with Crippen LogP contribution in [0.5, 0.6) is 5.75 Å². The molecule has 7 nitrogen and oxygen atoms in total. The molecule has 1 amide bonds. The second-order valence-electron chi connectivity index (χ2n) is 6.98. The second kappa shape index (κ2) is 9.61. The molecule has 0 atom stereocenters. The third-order valence-electron chi connectivity index (χ3n) is 4.69. The Morgan fingerprint density at radius 1 is 0.875 bits per heavy atom. The summed E-state index contributed by atoms with van der Waals surface area (Å²) < 4.78 is 12.7. The molecule has 4 aromatic rings. The Labute approximate surface area is 185 Å². The summed E-state index contributed by atoms with van der Waals surface area (Å²) in [6, 6.07) is 25.9. The van der Waals surface area contributed by atoms with Crippen LogP contribution in [0.1, 0.15) is 15.9 Å². The number of carbonyl (C=O) groups is 2. The Bertz CT molecular complexity index is 1220. The molecule has 0 bridgehead atoms. The van der Waals surface area contributed by atoms with E-state index in [2.05, 4.69) is 0 Å². The molecule has 0 spiro atoms. The van der Waals surface area contributed by atoms with Gasteiger partial charge in [0.15, 0.2) is 6.61 Å². The SMILES string of the molecule is NC(=O)COc1ccccc1C(=O)OCc1cn(-c2ccccc2)nc1-c1ccccc1. The Morgan fingerprint density at radius 3 is 2.25 bits per heavy atom. The minimum absolute atomic E-state index is 0.0139. The quantitative estimate of drug-likeness (QED) is 0.432. The maximum absolute atomic E-state index is 12.8. The predicted octanol–water partition coefficient (Wildman–Crippen LogP) is 3.76. The van der Waals surface area contributed by atoms with E-state index < -0.39 is 11.9 Å². The third kappa shape index (κ3) is 4.84. The fourth-order valence-corrected chi connectivity index (χ4v) is 3.20. The lowest BCUT2D eigenvalue weighted by molar-refractivity contribution is -0.119. The summed E-state index contributed by atoms with van der Waals surface area (Å²) in [6.07, 6.45) is 1.85. The van der Waals surface area contributed by atoms with E-state index >= 15 is 0 Å². The first-order valence-electron chi connectivity index (χ1n) is 9.98. The third-order valence-corrected chi connectivity index (χ3v) is 4.69. The Morgan fingerprint density at radius 2 is 1.53 bits per heavy atom. The first-order chi connectivity index (χ1) is 15.6. The number of ether oxygens (including phenoxy) is 2. The number of hydrogen-bond acceptors (Lipinski definition) is 5. The molecule has 0 fully saturated rings. The lowest BCUT2D eigenvalue weighted by Crippen LogP contribution is -2.21. The van der Waals surface area contributed by atoms with Gasteiger partial charge in [-0.2, -0.15) is 5.10 Å². The van der Waals surface area contributed by atoms with E-state index in [9.17, 15) is 9.59 Å². The first-order valence-corrected chi connectivity index (χ1v) is 9.98. The number of esters is 1. The summed E-state index contributed by atoms with van der Waals surface area (Å²) in [5.41, 5.74) is 8.63. The molecule has 160 valence electrons. The van der Waals surface area contributed by atoms with Crippen LogP contribution in [0, 0.1) is 0 Å². The van der Waals surface area contributed by atoms with Crippen molar-refractivity contribution >= 4 is 11.9 Å². The molecule has 0 radical (unpaired) electrons. The molecule has 0 saturated heterocycles.